The standard InChI is InChI=1S/C16H19ClN4O5/c1-26-16(23)14-11-6-8(2-5-13(11)19-20-14)18-15(22)10-4-3-9(21(24)25)7-12(10)17/h3-4,7-8,11,13-14,19-20H,2,5-6H2,1H3,(H,18,22). The van der Waals surface area contributed by atoms with Gasteiger partial charge in [-0.15, -0.1) is 0 Å². The summed E-state index contributed by atoms with van der Waals surface area (Å²) in [5, 5.41) is 13.7. The van der Waals surface area contributed by atoms with Crippen molar-refractivity contribution in [1.29, 1.82) is 0 Å². The van der Waals surface area contributed by atoms with Gasteiger partial charge in [0.05, 0.1) is 22.6 Å². The topological polar surface area (TPSA) is 123 Å². The van der Waals surface area contributed by atoms with Crippen molar-refractivity contribution in [1.82, 2.24) is 16.2 Å². The van der Waals surface area contributed by atoms with Crippen LogP contribution in [0.5, 0.6) is 0 Å². The predicted octanol–water partition coefficient (Wildman–Crippen LogP) is 1.16. The molecule has 1 heterocycles. The Balaban J connectivity index is 1.67. The van der Waals surface area contributed by atoms with Gasteiger partial charge in [0, 0.05) is 30.1 Å². The van der Waals surface area contributed by atoms with E-state index in [0.717, 1.165) is 18.9 Å². The van der Waals surface area contributed by atoms with Gasteiger partial charge in [0.2, 0.25) is 0 Å². The SMILES string of the molecule is COC(=O)C1NNC2CCC(NC(=O)c3ccc([N+](=O)[O-])cc3Cl)CC21. The van der Waals surface area contributed by atoms with Gasteiger partial charge in [0.15, 0.2) is 0 Å². The van der Waals surface area contributed by atoms with Gasteiger partial charge < -0.3 is 10.1 Å². The summed E-state index contributed by atoms with van der Waals surface area (Å²) in [6, 6.07) is 3.32. The lowest BCUT2D eigenvalue weighted by Gasteiger charge is -2.32. The zero-order valence-electron chi connectivity index (χ0n) is 14.0. The number of hydrogen-bond donors (Lipinski definition) is 3. The molecule has 1 aliphatic heterocycles. The van der Waals surface area contributed by atoms with Crippen LogP contribution in [0.3, 0.4) is 0 Å². The zero-order valence-corrected chi connectivity index (χ0v) is 14.8. The van der Waals surface area contributed by atoms with Crippen molar-refractivity contribution in [2.75, 3.05) is 7.11 Å². The summed E-state index contributed by atoms with van der Waals surface area (Å²) in [5.41, 5.74) is 6.08. The molecule has 0 radical (unpaired) electrons. The third kappa shape index (κ3) is 3.64. The number of benzene rings is 1. The van der Waals surface area contributed by atoms with E-state index in [1.54, 1.807) is 0 Å². The van der Waals surface area contributed by atoms with Gasteiger partial charge in [0.1, 0.15) is 6.04 Å². The predicted molar refractivity (Wildman–Crippen MR) is 92.6 cm³/mol. The maximum atomic E-state index is 12.5. The third-order valence-electron chi connectivity index (χ3n) is 4.95. The van der Waals surface area contributed by atoms with Crippen molar-refractivity contribution in [3.63, 3.8) is 0 Å². The van der Waals surface area contributed by atoms with Crippen LogP contribution in [-0.4, -0.2) is 42.0 Å². The first-order valence-corrected chi connectivity index (χ1v) is 8.62. The Labute approximate surface area is 154 Å². The highest BCUT2D eigenvalue weighted by Crippen LogP contribution is 2.31. The summed E-state index contributed by atoms with van der Waals surface area (Å²) in [5.74, 6) is -0.717. The van der Waals surface area contributed by atoms with Crippen LogP contribution in [0, 0.1) is 16.0 Å². The fourth-order valence-electron chi connectivity index (χ4n) is 3.61. The molecule has 140 valence electrons. The Hall–Kier alpha value is -2.23. The number of carbonyl (C=O) groups is 2. The quantitative estimate of drug-likeness (QED) is 0.405. The third-order valence-corrected chi connectivity index (χ3v) is 5.26. The fraction of sp³-hybridized carbons (Fsp3) is 0.500. The molecule has 1 aliphatic carbocycles. The molecule has 2 fully saturated rings. The number of nitrogens with zero attached hydrogens (tertiary/aromatic N) is 1. The van der Waals surface area contributed by atoms with Gasteiger partial charge in [0.25, 0.3) is 11.6 Å². The van der Waals surface area contributed by atoms with Crippen molar-refractivity contribution in [3.05, 3.63) is 38.9 Å². The van der Waals surface area contributed by atoms with Gasteiger partial charge in [-0.1, -0.05) is 11.6 Å². The monoisotopic (exact) mass is 382 g/mol. The number of methoxy groups -OCH3 is 1. The Morgan fingerprint density at radius 1 is 1.35 bits per heavy atom. The largest absolute Gasteiger partial charge is 0.468 e. The van der Waals surface area contributed by atoms with Crippen molar-refractivity contribution < 1.29 is 19.2 Å². The second-order valence-corrected chi connectivity index (χ2v) is 6.87. The van der Waals surface area contributed by atoms with Crippen molar-refractivity contribution >= 4 is 29.2 Å². The summed E-state index contributed by atoms with van der Waals surface area (Å²) >= 11 is 6.01. The number of carbonyl (C=O) groups excluding carboxylic acids is 2. The molecular formula is C16H19ClN4O5. The molecule has 1 aromatic carbocycles. The van der Waals surface area contributed by atoms with Crippen LogP contribution in [0.25, 0.3) is 0 Å². The van der Waals surface area contributed by atoms with Crippen LogP contribution in [0.1, 0.15) is 29.6 Å². The van der Waals surface area contributed by atoms with Crippen LogP contribution >= 0.6 is 11.6 Å². The number of non-ortho nitro benzene ring substituents is 1. The second kappa shape index (κ2) is 7.56. The molecule has 9 nitrogen and oxygen atoms in total. The van der Waals surface area contributed by atoms with Crippen LogP contribution < -0.4 is 16.2 Å². The summed E-state index contributed by atoms with van der Waals surface area (Å²) in [6.45, 7) is 0. The number of rotatable bonds is 4. The molecule has 0 aromatic heterocycles. The van der Waals surface area contributed by atoms with Crippen LogP contribution in [0.15, 0.2) is 18.2 Å². The van der Waals surface area contributed by atoms with E-state index in [-0.39, 0.29) is 46.2 Å². The molecule has 1 saturated heterocycles. The van der Waals surface area contributed by atoms with Gasteiger partial charge in [-0.25, -0.2) is 5.43 Å². The number of nitro groups is 1. The number of amides is 1. The molecule has 3 rings (SSSR count). The number of hydrazine groups is 1. The number of nitro benzene ring substituents is 1. The van der Waals surface area contributed by atoms with Crippen LogP contribution in [0.4, 0.5) is 5.69 Å². The minimum absolute atomic E-state index is 0.00818. The zero-order chi connectivity index (χ0) is 18.8. The lowest BCUT2D eigenvalue weighted by atomic mass is 9.79. The highest BCUT2D eigenvalue weighted by Gasteiger charge is 2.44. The van der Waals surface area contributed by atoms with E-state index < -0.39 is 11.0 Å². The molecule has 26 heavy (non-hydrogen) atoms. The van der Waals surface area contributed by atoms with E-state index in [4.69, 9.17) is 16.3 Å². The summed E-state index contributed by atoms with van der Waals surface area (Å²) in [6.07, 6.45) is 2.16. The van der Waals surface area contributed by atoms with Crippen molar-refractivity contribution in [2.24, 2.45) is 5.92 Å². The molecule has 4 unspecified atom stereocenters. The average molecular weight is 383 g/mol. The molecule has 10 heteroatoms. The molecule has 2 aliphatic rings. The average Bonchev–Trinajstić information content (AvgIpc) is 3.04. The minimum Gasteiger partial charge on any atom is -0.468 e. The Kier molecular flexibility index (Phi) is 5.40. The normalized spacial score (nSPS) is 27.5. The Morgan fingerprint density at radius 2 is 2.12 bits per heavy atom. The van der Waals surface area contributed by atoms with Gasteiger partial charge in [-0.2, -0.15) is 0 Å². The lowest BCUT2D eigenvalue weighted by molar-refractivity contribution is -0.384. The van der Waals surface area contributed by atoms with Crippen LogP contribution in [0.2, 0.25) is 5.02 Å². The number of halogens is 1. The molecule has 1 saturated carbocycles. The molecule has 1 aromatic rings. The molecule has 1 amide bonds. The second-order valence-electron chi connectivity index (χ2n) is 6.46. The number of fused-ring (bicyclic) bond motifs is 1. The van der Waals surface area contributed by atoms with Gasteiger partial charge in [-0.05, 0) is 25.3 Å². The van der Waals surface area contributed by atoms with Crippen molar-refractivity contribution in [3.8, 4) is 0 Å². The first-order valence-electron chi connectivity index (χ1n) is 8.24. The number of ether oxygens (including phenoxy) is 1. The first kappa shape index (κ1) is 18.6. The Bertz CT molecular complexity index is 743. The van der Waals surface area contributed by atoms with Gasteiger partial charge in [-0.3, -0.25) is 25.1 Å². The number of nitrogens with one attached hydrogen (secondary N) is 3. The summed E-state index contributed by atoms with van der Waals surface area (Å²) < 4.78 is 4.81. The minimum atomic E-state index is -0.568. The molecule has 3 N–H and O–H groups in total. The molecule has 4 atom stereocenters. The molecular weight excluding hydrogens is 364 g/mol. The lowest BCUT2D eigenvalue weighted by Crippen LogP contribution is -2.46. The molecule has 0 spiro atoms. The Morgan fingerprint density at radius 3 is 2.77 bits per heavy atom. The van der Waals surface area contributed by atoms with Crippen molar-refractivity contribution in [2.45, 2.75) is 37.4 Å². The van der Waals surface area contributed by atoms with E-state index in [1.165, 1.54) is 19.2 Å². The van der Waals surface area contributed by atoms with Gasteiger partial charge >= 0.3 is 5.97 Å². The maximum absolute atomic E-state index is 12.5. The summed E-state index contributed by atoms with van der Waals surface area (Å²) in [7, 11) is 1.34. The maximum Gasteiger partial charge on any atom is 0.324 e. The van der Waals surface area contributed by atoms with E-state index >= 15 is 0 Å². The van der Waals surface area contributed by atoms with Crippen LogP contribution in [-0.2, 0) is 9.53 Å². The first-order chi connectivity index (χ1) is 12.4. The van der Waals surface area contributed by atoms with E-state index in [0.29, 0.717) is 6.42 Å². The number of hydrogen-bond acceptors (Lipinski definition) is 7. The fourth-order valence-corrected chi connectivity index (χ4v) is 3.87. The molecule has 0 bridgehead atoms. The summed E-state index contributed by atoms with van der Waals surface area (Å²) in [4.78, 5) is 34.6. The number of esters is 1. The van der Waals surface area contributed by atoms with E-state index in [9.17, 15) is 19.7 Å². The highest BCUT2D eigenvalue weighted by atomic mass is 35.5. The van der Waals surface area contributed by atoms with E-state index in [1.807, 2.05) is 0 Å². The smallest absolute Gasteiger partial charge is 0.324 e. The highest BCUT2D eigenvalue weighted by molar-refractivity contribution is 6.34. The van der Waals surface area contributed by atoms with E-state index in [2.05, 4.69) is 16.2 Å².